The molecule has 27 heavy (non-hydrogen) atoms. The number of amides is 1. The molecular formula is C20H21FN2O4. The number of halogens is 1. The third-order valence-corrected chi connectivity index (χ3v) is 4.77. The highest BCUT2D eigenvalue weighted by Gasteiger charge is 2.24. The number of piperazine rings is 1. The van der Waals surface area contributed by atoms with Gasteiger partial charge in [-0.15, -0.1) is 0 Å². The maximum Gasteiger partial charge on any atom is 0.254 e. The van der Waals surface area contributed by atoms with Crippen molar-refractivity contribution >= 4 is 5.91 Å². The fourth-order valence-corrected chi connectivity index (χ4v) is 3.21. The van der Waals surface area contributed by atoms with Crippen molar-refractivity contribution in [3.63, 3.8) is 0 Å². The second-order valence-electron chi connectivity index (χ2n) is 6.50. The zero-order chi connectivity index (χ0) is 18.6. The summed E-state index contributed by atoms with van der Waals surface area (Å²) in [5.41, 5.74) is 0.618. The minimum Gasteiger partial charge on any atom is -0.492 e. The summed E-state index contributed by atoms with van der Waals surface area (Å²) < 4.78 is 29.1. The molecule has 0 spiro atoms. The van der Waals surface area contributed by atoms with E-state index in [9.17, 15) is 9.18 Å². The maximum atomic E-state index is 12.9. The van der Waals surface area contributed by atoms with Gasteiger partial charge in [0.15, 0.2) is 11.5 Å². The van der Waals surface area contributed by atoms with Crippen molar-refractivity contribution in [2.45, 2.75) is 0 Å². The third kappa shape index (κ3) is 4.14. The topological polar surface area (TPSA) is 51.2 Å². The molecule has 1 amide bonds. The first-order chi connectivity index (χ1) is 13.2. The lowest BCUT2D eigenvalue weighted by Gasteiger charge is -2.34. The van der Waals surface area contributed by atoms with Gasteiger partial charge in [0.1, 0.15) is 18.2 Å². The van der Waals surface area contributed by atoms with Crippen molar-refractivity contribution in [2.75, 3.05) is 46.1 Å². The van der Waals surface area contributed by atoms with Crippen molar-refractivity contribution in [2.24, 2.45) is 0 Å². The van der Waals surface area contributed by atoms with Gasteiger partial charge in [-0.2, -0.15) is 0 Å². The Morgan fingerprint density at radius 1 is 1.00 bits per heavy atom. The lowest BCUT2D eigenvalue weighted by molar-refractivity contribution is 0.0620. The highest BCUT2D eigenvalue weighted by Crippen LogP contribution is 2.32. The molecule has 4 rings (SSSR count). The minimum atomic E-state index is -0.273. The number of nitrogens with zero attached hydrogens (tertiary/aromatic N) is 2. The van der Waals surface area contributed by atoms with Crippen molar-refractivity contribution in [3.8, 4) is 17.2 Å². The molecule has 0 radical (unpaired) electrons. The number of hydrogen-bond acceptors (Lipinski definition) is 5. The van der Waals surface area contributed by atoms with Gasteiger partial charge in [-0.1, -0.05) is 0 Å². The summed E-state index contributed by atoms with van der Waals surface area (Å²) in [6, 6.07) is 11.3. The minimum absolute atomic E-state index is 0.00973. The molecule has 1 fully saturated rings. The molecule has 0 N–H and O–H groups in total. The van der Waals surface area contributed by atoms with E-state index in [-0.39, 0.29) is 18.5 Å². The van der Waals surface area contributed by atoms with Gasteiger partial charge in [0.2, 0.25) is 6.79 Å². The first-order valence-electron chi connectivity index (χ1n) is 8.99. The van der Waals surface area contributed by atoms with E-state index in [2.05, 4.69) is 4.90 Å². The Labute approximate surface area is 157 Å². The van der Waals surface area contributed by atoms with Gasteiger partial charge in [-0.25, -0.2) is 4.39 Å². The van der Waals surface area contributed by atoms with Crippen molar-refractivity contribution in [3.05, 3.63) is 53.8 Å². The summed E-state index contributed by atoms with van der Waals surface area (Å²) >= 11 is 0. The van der Waals surface area contributed by atoms with Gasteiger partial charge >= 0.3 is 0 Å². The number of hydrogen-bond donors (Lipinski definition) is 0. The van der Waals surface area contributed by atoms with Crippen LogP contribution in [0.3, 0.4) is 0 Å². The predicted molar refractivity (Wildman–Crippen MR) is 96.8 cm³/mol. The fourth-order valence-electron chi connectivity index (χ4n) is 3.21. The van der Waals surface area contributed by atoms with Gasteiger partial charge in [0, 0.05) is 38.3 Å². The molecule has 0 atom stereocenters. The lowest BCUT2D eigenvalue weighted by Crippen LogP contribution is -2.49. The van der Waals surface area contributed by atoms with Crippen LogP contribution >= 0.6 is 0 Å². The van der Waals surface area contributed by atoms with Crippen LogP contribution in [0.1, 0.15) is 10.4 Å². The largest absolute Gasteiger partial charge is 0.492 e. The maximum absolute atomic E-state index is 12.9. The van der Waals surface area contributed by atoms with Crippen molar-refractivity contribution in [1.82, 2.24) is 9.80 Å². The zero-order valence-corrected chi connectivity index (χ0v) is 14.9. The van der Waals surface area contributed by atoms with E-state index >= 15 is 0 Å². The average molecular weight is 372 g/mol. The molecule has 2 aliphatic rings. The van der Waals surface area contributed by atoms with Gasteiger partial charge in [-0.05, 0) is 42.5 Å². The zero-order valence-electron chi connectivity index (χ0n) is 14.9. The highest BCUT2D eigenvalue weighted by molar-refractivity contribution is 5.95. The second-order valence-corrected chi connectivity index (χ2v) is 6.50. The van der Waals surface area contributed by atoms with E-state index in [1.54, 1.807) is 30.3 Å². The molecule has 2 aliphatic heterocycles. The van der Waals surface area contributed by atoms with E-state index in [0.29, 0.717) is 42.5 Å². The van der Waals surface area contributed by atoms with Crippen LogP contribution < -0.4 is 14.2 Å². The van der Waals surface area contributed by atoms with Crippen LogP contribution in [0.5, 0.6) is 17.2 Å². The van der Waals surface area contributed by atoms with Crippen molar-refractivity contribution < 1.29 is 23.4 Å². The second kappa shape index (κ2) is 7.84. The van der Waals surface area contributed by atoms with E-state index in [4.69, 9.17) is 14.2 Å². The van der Waals surface area contributed by atoms with Gasteiger partial charge in [0.25, 0.3) is 5.91 Å². The fraction of sp³-hybridized carbons (Fsp3) is 0.350. The summed E-state index contributed by atoms with van der Waals surface area (Å²) in [4.78, 5) is 16.8. The van der Waals surface area contributed by atoms with E-state index in [1.165, 1.54) is 12.1 Å². The van der Waals surface area contributed by atoms with Crippen molar-refractivity contribution in [1.29, 1.82) is 0 Å². The Hall–Kier alpha value is -2.80. The molecular weight excluding hydrogens is 351 g/mol. The lowest BCUT2D eigenvalue weighted by atomic mass is 10.1. The molecule has 0 saturated carbocycles. The molecule has 2 aromatic rings. The number of rotatable bonds is 5. The normalized spacial score (nSPS) is 16.4. The summed E-state index contributed by atoms with van der Waals surface area (Å²) in [5, 5.41) is 0. The first kappa shape index (κ1) is 17.6. The Kier molecular flexibility index (Phi) is 5.11. The smallest absolute Gasteiger partial charge is 0.254 e. The predicted octanol–water partition coefficient (Wildman–Crippen LogP) is 2.39. The molecule has 6 nitrogen and oxygen atoms in total. The van der Waals surface area contributed by atoms with Gasteiger partial charge < -0.3 is 19.1 Å². The van der Waals surface area contributed by atoms with Gasteiger partial charge in [-0.3, -0.25) is 9.69 Å². The van der Waals surface area contributed by atoms with Gasteiger partial charge in [0.05, 0.1) is 0 Å². The van der Waals surface area contributed by atoms with Crippen LogP contribution in [0.15, 0.2) is 42.5 Å². The molecule has 0 bridgehead atoms. The van der Waals surface area contributed by atoms with Crippen LogP contribution in [0, 0.1) is 5.82 Å². The Morgan fingerprint density at radius 2 is 1.74 bits per heavy atom. The molecule has 0 unspecified atom stereocenters. The Bertz CT molecular complexity index is 804. The highest BCUT2D eigenvalue weighted by atomic mass is 19.1. The molecule has 0 aromatic heterocycles. The summed E-state index contributed by atoms with van der Waals surface area (Å²) in [6.07, 6.45) is 0. The number of benzene rings is 2. The number of carbonyl (C=O) groups is 1. The van der Waals surface area contributed by atoms with Crippen LogP contribution in [0.25, 0.3) is 0 Å². The SMILES string of the molecule is O=C(c1ccc2c(c1)OCO2)N1CCN(CCOc2ccc(F)cc2)CC1. The molecule has 1 saturated heterocycles. The quantitative estimate of drug-likeness (QED) is 0.807. The standard InChI is InChI=1S/C20H21FN2O4/c21-16-2-4-17(5-3-16)25-12-11-22-7-9-23(10-8-22)20(24)15-1-6-18-19(13-15)27-14-26-18/h1-6,13H,7-12,14H2. The third-order valence-electron chi connectivity index (χ3n) is 4.77. The van der Waals surface area contributed by atoms with Crippen LogP contribution in [0.2, 0.25) is 0 Å². The van der Waals surface area contributed by atoms with Crippen LogP contribution in [0.4, 0.5) is 4.39 Å². The molecule has 142 valence electrons. The average Bonchev–Trinajstić information content (AvgIpc) is 3.17. The summed E-state index contributed by atoms with van der Waals surface area (Å²) in [6.45, 7) is 4.43. The monoisotopic (exact) mass is 372 g/mol. The first-order valence-corrected chi connectivity index (χ1v) is 8.99. The molecule has 0 aliphatic carbocycles. The Morgan fingerprint density at radius 3 is 2.52 bits per heavy atom. The number of ether oxygens (including phenoxy) is 3. The van der Waals surface area contributed by atoms with E-state index in [1.807, 2.05) is 4.90 Å². The summed E-state index contributed by atoms with van der Waals surface area (Å²) in [5.74, 6) is 1.70. The molecule has 7 heteroatoms. The number of fused-ring (bicyclic) bond motifs is 1. The number of carbonyl (C=O) groups excluding carboxylic acids is 1. The molecule has 2 aromatic carbocycles. The van der Waals surface area contributed by atoms with Crippen LogP contribution in [-0.4, -0.2) is 61.8 Å². The van der Waals surface area contributed by atoms with E-state index < -0.39 is 0 Å². The Balaban J connectivity index is 1.23. The van der Waals surface area contributed by atoms with E-state index in [0.717, 1.165) is 19.6 Å². The van der Waals surface area contributed by atoms with Crippen LogP contribution in [-0.2, 0) is 0 Å². The molecule has 2 heterocycles. The summed E-state index contributed by atoms with van der Waals surface area (Å²) in [7, 11) is 0.